The number of nitrogens with one attached hydrogen (secondary N) is 2. The van der Waals surface area contributed by atoms with Crippen LogP contribution in [-0.4, -0.2) is 56.6 Å². The SMILES string of the molecule is CCN(c1c(F)cc(C(COC)CC(=O)O)cc1NC(=O)Nc1ccc(C#N)cc1F)C1CCOCC1. The van der Waals surface area contributed by atoms with Crippen molar-refractivity contribution in [3.63, 3.8) is 0 Å². The van der Waals surface area contributed by atoms with Gasteiger partial charge in [-0.05, 0) is 55.7 Å². The van der Waals surface area contributed by atoms with Gasteiger partial charge in [0.15, 0.2) is 0 Å². The van der Waals surface area contributed by atoms with E-state index < -0.39 is 29.6 Å². The van der Waals surface area contributed by atoms with Gasteiger partial charge in [-0.25, -0.2) is 13.6 Å². The van der Waals surface area contributed by atoms with Crippen molar-refractivity contribution in [1.82, 2.24) is 0 Å². The lowest BCUT2D eigenvalue weighted by atomic mass is 9.94. The molecule has 2 aromatic rings. The summed E-state index contributed by atoms with van der Waals surface area (Å²) < 4.78 is 40.7. The van der Waals surface area contributed by atoms with E-state index >= 15 is 4.39 Å². The Kier molecular flexibility index (Phi) is 9.77. The van der Waals surface area contributed by atoms with Crippen LogP contribution >= 0.6 is 0 Å². The normalized spacial score (nSPS) is 14.5. The number of carboxylic acid groups (broad SMARTS) is 1. The Hall–Kier alpha value is -3.75. The molecule has 1 unspecified atom stereocenters. The van der Waals surface area contributed by atoms with Crippen LogP contribution in [-0.2, 0) is 14.3 Å². The first kappa shape index (κ1) is 27.8. The fourth-order valence-electron chi connectivity index (χ4n) is 4.49. The molecule has 0 radical (unpaired) electrons. The number of nitrogens with zero attached hydrogens (tertiary/aromatic N) is 2. The smallest absolute Gasteiger partial charge is 0.323 e. The molecule has 11 heteroatoms. The molecule has 9 nitrogen and oxygen atoms in total. The standard InChI is InChI=1S/C26H30F2N4O5/c1-3-32(19-6-8-37-9-7-19)25-21(28)11-17(18(15-36-2)13-24(33)34)12-23(25)31-26(35)30-22-5-4-16(14-29)10-20(22)27/h4-5,10-12,18-19H,3,6-9,13,15H2,1-2H3,(H,33,34)(H2,30,31,35). The van der Waals surface area contributed by atoms with Crippen molar-refractivity contribution in [2.24, 2.45) is 0 Å². The molecular formula is C26H30F2N4O5. The lowest BCUT2D eigenvalue weighted by Gasteiger charge is -2.37. The Morgan fingerprint density at radius 1 is 1.19 bits per heavy atom. The fourth-order valence-corrected chi connectivity index (χ4v) is 4.49. The number of rotatable bonds is 10. The molecule has 0 saturated carbocycles. The summed E-state index contributed by atoms with van der Waals surface area (Å²) in [7, 11) is 1.42. The first-order chi connectivity index (χ1) is 17.8. The highest BCUT2D eigenvalue weighted by Crippen LogP contribution is 2.37. The maximum Gasteiger partial charge on any atom is 0.323 e. The molecule has 0 bridgehead atoms. The number of nitriles is 1. The molecule has 198 valence electrons. The molecular weight excluding hydrogens is 486 g/mol. The van der Waals surface area contributed by atoms with Crippen molar-refractivity contribution >= 4 is 29.1 Å². The van der Waals surface area contributed by atoms with E-state index in [1.165, 1.54) is 31.4 Å². The number of hydrogen-bond donors (Lipinski definition) is 3. The quantitative estimate of drug-likeness (QED) is 0.419. The summed E-state index contributed by atoms with van der Waals surface area (Å²) in [6.07, 6.45) is 1.04. The first-order valence-corrected chi connectivity index (χ1v) is 11.9. The second kappa shape index (κ2) is 13.0. The van der Waals surface area contributed by atoms with Gasteiger partial charge >= 0.3 is 12.0 Å². The Balaban J connectivity index is 2.00. The number of carbonyl (C=O) groups excluding carboxylic acids is 1. The monoisotopic (exact) mass is 516 g/mol. The van der Waals surface area contributed by atoms with E-state index in [2.05, 4.69) is 10.6 Å². The molecule has 1 fully saturated rings. The summed E-state index contributed by atoms with van der Waals surface area (Å²) in [5.74, 6) is -3.16. The molecule has 1 atom stereocenters. The summed E-state index contributed by atoms with van der Waals surface area (Å²) in [5.41, 5.74) is 0.544. The van der Waals surface area contributed by atoms with Gasteiger partial charge in [-0.1, -0.05) is 0 Å². The minimum absolute atomic E-state index is 0.0324. The number of halogens is 2. The Morgan fingerprint density at radius 2 is 1.89 bits per heavy atom. The lowest BCUT2D eigenvalue weighted by molar-refractivity contribution is -0.137. The summed E-state index contributed by atoms with van der Waals surface area (Å²) in [4.78, 5) is 26.1. The van der Waals surface area contributed by atoms with Gasteiger partial charge in [0, 0.05) is 38.8 Å². The lowest BCUT2D eigenvalue weighted by Crippen LogP contribution is -2.40. The van der Waals surface area contributed by atoms with Gasteiger partial charge < -0.3 is 30.1 Å². The van der Waals surface area contributed by atoms with E-state index in [0.717, 1.165) is 6.07 Å². The molecule has 37 heavy (non-hydrogen) atoms. The maximum absolute atomic E-state index is 15.7. The highest BCUT2D eigenvalue weighted by atomic mass is 19.1. The number of ether oxygens (including phenoxy) is 2. The first-order valence-electron chi connectivity index (χ1n) is 11.9. The predicted octanol–water partition coefficient (Wildman–Crippen LogP) is 4.69. The topological polar surface area (TPSA) is 124 Å². The van der Waals surface area contributed by atoms with E-state index in [4.69, 9.17) is 14.7 Å². The van der Waals surface area contributed by atoms with Crippen LogP contribution in [0.4, 0.5) is 30.6 Å². The molecule has 2 aromatic carbocycles. The van der Waals surface area contributed by atoms with Gasteiger partial charge in [0.1, 0.15) is 11.6 Å². The minimum Gasteiger partial charge on any atom is -0.481 e. The number of methoxy groups -OCH3 is 1. The number of aliphatic carboxylic acids is 1. The van der Waals surface area contributed by atoms with Gasteiger partial charge in [-0.2, -0.15) is 5.26 Å². The van der Waals surface area contributed by atoms with Gasteiger partial charge in [-0.15, -0.1) is 0 Å². The molecule has 2 amide bonds. The maximum atomic E-state index is 15.7. The second-order valence-electron chi connectivity index (χ2n) is 8.66. The Labute approximate surface area is 214 Å². The molecule has 3 rings (SSSR count). The summed E-state index contributed by atoms with van der Waals surface area (Å²) >= 11 is 0. The van der Waals surface area contributed by atoms with Crippen LogP contribution in [0.1, 0.15) is 43.2 Å². The molecule has 1 saturated heterocycles. The molecule has 1 heterocycles. The van der Waals surface area contributed by atoms with Gasteiger partial charge in [0.2, 0.25) is 0 Å². The molecule has 0 aliphatic carbocycles. The third-order valence-electron chi connectivity index (χ3n) is 6.20. The number of anilines is 3. The minimum atomic E-state index is -1.08. The number of benzene rings is 2. The van der Waals surface area contributed by atoms with Gasteiger partial charge in [0.05, 0.1) is 41.7 Å². The van der Waals surface area contributed by atoms with Crippen molar-refractivity contribution in [1.29, 1.82) is 5.26 Å². The molecule has 3 N–H and O–H groups in total. The second-order valence-corrected chi connectivity index (χ2v) is 8.66. The van der Waals surface area contributed by atoms with Crippen LogP contribution in [0.25, 0.3) is 0 Å². The Bertz CT molecular complexity index is 1160. The van der Waals surface area contributed by atoms with Crippen molar-refractivity contribution in [3.8, 4) is 6.07 Å². The number of carboxylic acids is 1. The van der Waals surface area contributed by atoms with Crippen LogP contribution < -0.4 is 15.5 Å². The highest BCUT2D eigenvalue weighted by Gasteiger charge is 2.28. The zero-order chi connectivity index (χ0) is 26.9. The average Bonchev–Trinajstić information content (AvgIpc) is 2.87. The number of amides is 2. The van der Waals surface area contributed by atoms with Gasteiger partial charge in [0.25, 0.3) is 0 Å². The molecule has 0 spiro atoms. The van der Waals surface area contributed by atoms with E-state index in [1.54, 1.807) is 0 Å². The third-order valence-corrected chi connectivity index (χ3v) is 6.20. The van der Waals surface area contributed by atoms with Gasteiger partial charge in [-0.3, -0.25) is 4.79 Å². The number of hydrogen-bond acceptors (Lipinski definition) is 6. The Morgan fingerprint density at radius 3 is 2.49 bits per heavy atom. The van der Waals surface area contributed by atoms with E-state index in [0.29, 0.717) is 38.2 Å². The van der Waals surface area contributed by atoms with Crippen LogP contribution in [0, 0.1) is 23.0 Å². The van der Waals surface area contributed by atoms with Crippen LogP contribution in [0.15, 0.2) is 30.3 Å². The van der Waals surface area contributed by atoms with Crippen LogP contribution in [0.3, 0.4) is 0 Å². The highest BCUT2D eigenvalue weighted by molar-refractivity contribution is 6.02. The van der Waals surface area contributed by atoms with Crippen molar-refractivity contribution in [2.75, 3.05) is 49.0 Å². The summed E-state index contributed by atoms with van der Waals surface area (Å²) in [6.45, 7) is 3.40. The molecule has 1 aliphatic rings. The molecule has 0 aromatic heterocycles. The molecule has 1 aliphatic heterocycles. The van der Waals surface area contributed by atoms with Crippen LogP contribution in [0.2, 0.25) is 0 Å². The van der Waals surface area contributed by atoms with E-state index in [1.807, 2.05) is 17.9 Å². The van der Waals surface area contributed by atoms with Crippen molar-refractivity contribution in [2.45, 2.75) is 38.1 Å². The van der Waals surface area contributed by atoms with E-state index in [-0.39, 0.29) is 41.7 Å². The summed E-state index contributed by atoms with van der Waals surface area (Å²) in [5, 5.41) is 23.3. The number of carbonyl (C=O) groups is 2. The third kappa shape index (κ3) is 7.15. The van der Waals surface area contributed by atoms with Crippen molar-refractivity contribution < 1.29 is 33.0 Å². The predicted molar refractivity (Wildman–Crippen MR) is 134 cm³/mol. The largest absolute Gasteiger partial charge is 0.481 e. The van der Waals surface area contributed by atoms with E-state index in [9.17, 15) is 19.1 Å². The van der Waals surface area contributed by atoms with Crippen molar-refractivity contribution in [3.05, 3.63) is 53.1 Å². The van der Waals surface area contributed by atoms with Crippen LogP contribution in [0.5, 0.6) is 0 Å². The zero-order valence-electron chi connectivity index (χ0n) is 20.7. The number of urea groups is 1. The average molecular weight is 517 g/mol. The summed E-state index contributed by atoms with van der Waals surface area (Å²) in [6, 6.07) is 7.36. The fraction of sp³-hybridized carbons (Fsp3) is 0.423. The zero-order valence-corrected chi connectivity index (χ0v) is 20.7.